The molecule has 2 nitrogen and oxygen atoms in total. The molecule has 1 saturated heterocycles. The Morgan fingerprint density at radius 3 is 2.18 bits per heavy atom. The molecule has 0 radical (unpaired) electrons. The van der Waals surface area contributed by atoms with Crippen LogP contribution < -0.4 is 5.32 Å². The van der Waals surface area contributed by atoms with Crippen molar-refractivity contribution in [2.45, 2.75) is 66.0 Å². The lowest BCUT2D eigenvalue weighted by atomic mass is 9.82. The molecule has 4 atom stereocenters. The zero-order valence-electron chi connectivity index (χ0n) is 12.7. The number of likely N-dealkylation sites (tertiary alicyclic amines) is 1. The SMILES string of the molecule is CCNC(C)C(C)(CC)N1CC(C)CC(C)C1. The molecule has 0 saturated carbocycles. The summed E-state index contributed by atoms with van der Waals surface area (Å²) in [4.78, 5) is 2.74. The first-order valence-corrected chi connectivity index (χ1v) is 7.42. The molecule has 1 N–H and O–H groups in total. The maximum absolute atomic E-state index is 3.62. The summed E-state index contributed by atoms with van der Waals surface area (Å²) in [7, 11) is 0. The van der Waals surface area contributed by atoms with Gasteiger partial charge in [0.15, 0.2) is 0 Å². The van der Waals surface area contributed by atoms with Gasteiger partial charge in [-0.05, 0) is 45.1 Å². The standard InChI is InChI=1S/C15H32N2/c1-7-15(6,14(5)16-8-2)17-10-12(3)9-13(4)11-17/h12-14,16H,7-11H2,1-6H3. The number of likely N-dealkylation sites (N-methyl/N-ethyl adjacent to an activating group) is 1. The average molecular weight is 240 g/mol. The highest BCUT2D eigenvalue weighted by Gasteiger charge is 2.38. The summed E-state index contributed by atoms with van der Waals surface area (Å²) in [6.45, 7) is 17.7. The van der Waals surface area contributed by atoms with Crippen molar-refractivity contribution in [2.75, 3.05) is 19.6 Å². The minimum absolute atomic E-state index is 0.305. The molecule has 17 heavy (non-hydrogen) atoms. The Morgan fingerprint density at radius 1 is 1.24 bits per heavy atom. The van der Waals surface area contributed by atoms with E-state index in [0.717, 1.165) is 18.4 Å². The lowest BCUT2D eigenvalue weighted by Gasteiger charge is -2.50. The van der Waals surface area contributed by atoms with E-state index in [0.29, 0.717) is 11.6 Å². The van der Waals surface area contributed by atoms with Crippen LogP contribution in [0.25, 0.3) is 0 Å². The second kappa shape index (κ2) is 6.19. The Hall–Kier alpha value is -0.0800. The zero-order valence-corrected chi connectivity index (χ0v) is 12.7. The van der Waals surface area contributed by atoms with Crippen LogP contribution in [0, 0.1) is 11.8 Å². The number of rotatable bonds is 5. The molecule has 0 aromatic rings. The van der Waals surface area contributed by atoms with Crippen molar-refractivity contribution >= 4 is 0 Å². The molecule has 0 aliphatic carbocycles. The molecule has 0 amide bonds. The van der Waals surface area contributed by atoms with Gasteiger partial charge in [-0.3, -0.25) is 4.90 Å². The van der Waals surface area contributed by atoms with Crippen molar-refractivity contribution < 1.29 is 0 Å². The minimum atomic E-state index is 0.305. The predicted octanol–water partition coefficient (Wildman–Crippen LogP) is 3.13. The number of hydrogen-bond acceptors (Lipinski definition) is 2. The van der Waals surface area contributed by atoms with Gasteiger partial charge >= 0.3 is 0 Å². The molecule has 0 bridgehead atoms. The number of nitrogens with one attached hydrogen (secondary N) is 1. The van der Waals surface area contributed by atoms with Gasteiger partial charge in [-0.2, -0.15) is 0 Å². The summed E-state index contributed by atoms with van der Waals surface area (Å²) in [6.07, 6.45) is 2.62. The lowest BCUT2D eigenvalue weighted by Crippen LogP contribution is -2.61. The van der Waals surface area contributed by atoms with Gasteiger partial charge in [0.25, 0.3) is 0 Å². The molecule has 4 unspecified atom stereocenters. The minimum Gasteiger partial charge on any atom is -0.313 e. The summed E-state index contributed by atoms with van der Waals surface area (Å²) >= 11 is 0. The van der Waals surface area contributed by atoms with E-state index >= 15 is 0 Å². The Morgan fingerprint density at radius 2 is 1.76 bits per heavy atom. The van der Waals surface area contributed by atoms with Crippen molar-refractivity contribution in [3.05, 3.63) is 0 Å². The molecule has 0 spiro atoms. The van der Waals surface area contributed by atoms with Crippen LogP contribution in [0.3, 0.4) is 0 Å². The number of piperidine rings is 1. The molecule has 0 aromatic heterocycles. The summed E-state index contributed by atoms with van der Waals surface area (Å²) in [5, 5.41) is 3.62. The first-order chi connectivity index (χ1) is 7.93. The third-order valence-electron chi connectivity index (χ3n) is 4.75. The summed E-state index contributed by atoms with van der Waals surface area (Å²) in [5.41, 5.74) is 0.305. The van der Waals surface area contributed by atoms with E-state index < -0.39 is 0 Å². The van der Waals surface area contributed by atoms with E-state index in [1.807, 2.05) is 0 Å². The number of nitrogens with zero attached hydrogens (tertiary/aromatic N) is 1. The van der Waals surface area contributed by atoms with E-state index in [1.54, 1.807) is 0 Å². The third kappa shape index (κ3) is 3.45. The molecule has 1 aliphatic rings. The second-order valence-corrected chi connectivity index (χ2v) is 6.34. The monoisotopic (exact) mass is 240 g/mol. The van der Waals surface area contributed by atoms with Crippen LogP contribution in [0.15, 0.2) is 0 Å². The normalized spacial score (nSPS) is 32.1. The van der Waals surface area contributed by atoms with Crippen LogP contribution in [-0.2, 0) is 0 Å². The van der Waals surface area contributed by atoms with Crippen LogP contribution in [0.4, 0.5) is 0 Å². The van der Waals surface area contributed by atoms with Gasteiger partial charge in [-0.15, -0.1) is 0 Å². The largest absolute Gasteiger partial charge is 0.313 e. The summed E-state index contributed by atoms with van der Waals surface area (Å²) in [5.74, 6) is 1.69. The van der Waals surface area contributed by atoms with Gasteiger partial charge in [0.05, 0.1) is 0 Å². The molecule has 0 aromatic carbocycles. The van der Waals surface area contributed by atoms with E-state index in [1.165, 1.54) is 25.9 Å². The van der Waals surface area contributed by atoms with Crippen LogP contribution in [0.2, 0.25) is 0 Å². The highest BCUT2D eigenvalue weighted by Crippen LogP contribution is 2.31. The maximum atomic E-state index is 3.62. The van der Waals surface area contributed by atoms with E-state index in [2.05, 4.69) is 51.8 Å². The molecule has 2 heteroatoms. The molecule has 1 rings (SSSR count). The first kappa shape index (κ1) is 15.0. The van der Waals surface area contributed by atoms with Crippen molar-refractivity contribution in [3.8, 4) is 0 Å². The maximum Gasteiger partial charge on any atom is 0.0329 e. The zero-order chi connectivity index (χ0) is 13.1. The van der Waals surface area contributed by atoms with E-state index in [-0.39, 0.29) is 0 Å². The van der Waals surface area contributed by atoms with Crippen LogP contribution >= 0.6 is 0 Å². The highest BCUT2D eigenvalue weighted by atomic mass is 15.2. The van der Waals surface area contributed by atoms with Gasteiger partial charge in [-0.1, -0.05) is 27.7 Å². The molecule has 1 heterocycles. The van der Waals surface area contributed by atoms with E-state index in [9.17, 15) is 0 Å². The quantitative estimate of drug-likeness (QED) is 0.794. The van der Waals surface area contributed by atoms with Gasteiger partial charge in [0, 0.05) is 24.7 Å². The Labute approximate surface area is 108 Å². The first-order valence-electron chi connectivity index (χ1n) is 7.42. The van der Waals surface area contributed by atoms with Gasteiger partial charge in [-0.25, -0.2) is 0 Å². The fourth-order valence-electron chi connectivity index (χ4n) is 3.41. The van der Waals surface area contributed by atoms with Crippen molar-refractivity contribution in [1.82, 2.24) is 10.2 Å². The average Bonchev–Trinajstić information content (AvgIpc) is 2.26. The molecule has 102 valence electrons. The van der Waals surface area contributed by atoms with Crippen LogP contribution in [0.1, 0.15) is 54.4 Å². The predicted molar refractivity (Wildman–Crippen MR) is 76.4 cm³/mol. The Balaban J connectivity index is 2.76. The van der Waals surface area contributed by atoms with Crippen molar-refractivity contribution in [2.24, 2.45) is 11.8 Å². The van der Waals surface area contributed by atoms with Gasteiger partial charge < -0.3 is 5.32 Å². The lowest BCUT2D eigenvalue weighted by molar-refractivity contribution is 0.0116. The molecular formula is C15H32N2. The van der Waals surface area contributed by atoms with E-state index in [4.69, 9.17) is 0 Å². The van der Waals surface area contributed by atoms with Gasteiger partial charge in [0.1, 0.15) is 0 Å². The molecule has 1 aliphatic heterocycles. The molecule has 1 fully saturated rings. The summed E-state index contributed by atoms with van der Waals surface area (Å²) in [6, 6.07) is 0.565. The van der Waals surface area contributed by atoms with Crippen molar-refractivity contribution in [3.63, 3.8) is 0 Å². The van der Waals surface area contributed by atoms with Crippen LogP contribution in [-0.4, -0.2) is 36.1 Å². The second-order valence-electron chi connectivity index (χ2n) is 6.34. The fourth-order valence-corrected chi connectivity index (χ4v) is 3.41. The van der Waals surface area contributed by atoms with Gasteiger partial charge in [0.2, 0.25) is 0 Å². The molecular weight excluding hydrogens is 208 g/mol. The smallest absolute Gasteiger partial charge is 0.0329 e. The highest BCUT2D eigenvalue weighted by molar-refractivity contribution is 4.96. The van der Waals surface area contributed by atoms with Crippen molar-refractivity contribution in [1.29, 1.82) is 0 Å². The Bertz CT molecular complexity index is 219. The summed E-state index contributed by atoms with van der Waals surface area (Å²) < 4.78 is 0. The third-order valence-corrected chi connectivity index (χ3v) is 4.75. The fraction of sp³-hybridized carbons (Fsp3) is 1.00. The topological polar surface area (TPSA) is 15.3 Å². The van der Waals surface area contributed by atoms with Crippen LogP contribution in [0.5, 0.6) is 0 Å². The number of hydrogen-bond donors (Lipinski definition) is 1. The Kier molecular flexibility index (Phi) is 5.46.